The van der Waals surface area contributed by atoms with E-state index >= 15 is 0 Å². The fraction of sp³-hybridized carbons (Fsp3) is 0.316. The van der Waals surface area contributed by atoms with Gasteiger partial charge in [-0.25, -0.2) is 9.37 Å². The Labute approximate surface area is 144 Å². The highest BCUT2D eigenvalue weighted by molar-refractivity contribution is 6.06. The molecule has 3 aromatic rings. The van der Waals surface area contributed by atoms with Crippen molar-refractivity contribution in [2.24, 2.45) is 0 Å². The molecule has 128 valence electrons. The monoisotopic (exact) mass is 338 g/mol. The summed E-state index contributed by atoms with van der Waals surface area (Å²) < 4.78 is 15.6. The minimum atomic E-state index is -0.354. The SMILES string of the molecule is Cc1cn2c(n1)CC[C@@H](NC(=O)c1cc(C)nc3cc(F)ccc13)C2. The number of aryl methyl sites for hydroxylation is 3. The van der Waals surface area contributed by atoms with Crippen LogP contribution in [0.3, 0.4) is 0 Å². The quantitative estimate of drug-likeness (QED) is 0.781. The summed E-state index contributed by atoms with van der Waals surface area (Å²) in [5, 5.41) is 3.78. The maximum Gasteiger partial charge on any atom is 0.252 e. The van der Waals surface area contributed by atoms with E-state index < -0.39 is 0 Å². The molecular formula is C19H19FN4O. The maximum absolute atomic E-state index is 13.5. The van der Waals surface area contributed by atoms with Crippen molar-refractivity contribution in [3.63, 3.8) is 0 Å². The van der Waals surface area contributed by atoms with Crippen molar-refractivity contribution >= 4 is 16.8 Å². The van der Waals surface area contributed by atoms with Gasteiger partial charge in [-0.2, -0.15) is 0 Å². The number of halogens is 1. The molecule has 0 saturated carbocycles. The largest absolute Gasteiger partial charge is 0.347 e. The Morgan fingerprint density at radius 1 is 1.24 bits per heavy atom. The average molecular weight is 338 g/mol. The first-order chi connectivity index (χ1) is 12.0. The number of amides is 1. The van der Waals surface area contributed by atoms with Gasteiger partial charge in [0.2, 0.25) is 0 Å². The minimum absolute atomic E-state index is 0.0533. The molecule has 1 amide bonds. The number of benzene rings is 1. The predicted octanol–water partition coefficient (Wildman–Crippen LogP) is 2.93. The van der Waals surface area contributed by atoms with Crippen LogP contribution in [0.4, 0.5) is 4.39 Å². The predicted molar refractivity (Wildman–Crippen MR) is 93.0 cm³/mol. The second-order valence-corrected chi connectivity index (χ2v) is 6.63. The van der Waals surface area contributed by atoms with Crippen LogP contribution in [-0.4, -0.2) is 26.5 Å². The summed E-state index contributed by atoms with van der Waals surface area (Å²) in [6, 6.07) is 6.14. The molecule has 25 heavy (non-hydrogen) atoms. The van der Waals surface area contributed by atoms with Crippen LogP contribution in [0.15, 0.2) is 30.5 Å². The highest BCUT2D eigenvalue weighted by Crippen LogP contribution is 2.21. The van der Waals surface area contributed by atoms with Crippen LogP contribution in [0.2, 0.25) is 0 Å². The number of nitrogens with one attached hydrogen (secondary N) is 1. The van der Waals surface area contributed by atoms with Gasteiger partial charge in [0.05, 0.1) is 16.8 Å². The van der Waals surface area contributed by atoms with Crippen molar-refractivity contribution in [2.45, 2.75) is 39.3 Å². The first-order valence-corrected chi connectivity index (χ1v) is 8.40. The normalized spacial score (nSPS) is 16.7. The number of rotatable bonds is 2. The van der Waals surface area contributed by atoms with Crippen molar-refractivity contribution in [3.05, 3.63) is 59.1 Å². The standard InChI is InChI=1S/C19H19FN4O/c1-11-7-16(15-5-3-13(20)8-17(15)21-11)19(25)23-14-4-6-18-22-12(2)9-24(18)10-14/h3,5,7-9,14H,4,6,10H2,1-2H3,(H,23,25)/t14-/m1/s1. The van der Waals surface area contributed by atoms with Gasteiger partial charge < -0.3 is 9.88 Å². The summed E-state index contributed by atoms with van der Waals surface area (Å²) in [5.41, 5.74) is 2.73. The highest BCUT2D eigenvalue weighted by Gasteiger charge is 2.22. The summed E-state index contributed by atoms with van der Waals surface area (Å²) in [6.07, 6.45) is 3.72. The van der Waals surface area contributed by atoms with Crippen LogP contribution in [-0.2, 0) is 13.0 Å². The van der Waals surface area contributed by atoms with Crippen molar-refractivity contribution in [2.75, 3.05) is 0 Å². The van der Waals surface area contributed by atoms with Crippen molar-refractivity contribution in [3.8, 4) is 0 Å². The van der Waals surface area contributed by atoms with Crippen molar-refractivity contribution in [1.82, 2.24) is 19.9 Å². The first-order valence-electron chi connectivity index (χ1n) is 8.40. The van der Waals surface area contributed by atoms with Crippen molar-refractivity contribution < 1.29 is 9.18 Å². The molecule has 4 rings (SSSR count). The Morgan fingerprint density at radius 2 is 2.08 bits per heavy atom. The van der Waals surface area contributed by atoms with Gasteiger partial charge in [-0.3, -0.25) is 9.78 Å². The lowest BCUT2D eigenvalue weighted by molar-refractivity contribution is 0.0929. The van der Waals surface area contributed by atoms with Gasteiger partial charge in [-0.05, 0) is 38.5 Å². The third-order valence-corrected chi connectivity index (χ3v) is 4.59. The molecule has 1 aromatic carbocycles. The molecule has 6 heteroatoms. The molecule has 1 aliphatic rings. The number of hydrogen-bond donors (Lipinski definition) is 1. The van der Waals surface area contributed by atoms with Crippen LogP contribution >= 0.6 is 0 Å². The average Bonchev–Trinajstić information content (AvgIpc) is 2.92. The molecule has 0 radical (unpaired) electrons. The third kappa shape index (κ3) is 2.99. The number of nitrogens with zero attached hydrogens (tertiary/aromatic N) is 3. The van der Waals surface area contributed by atoms with Crippen molar-refractivity contribution in [1.29, 1.82) is 0 Å². The Hall–Kier alpha value is -2.76. The van der Waals surface area contributed by atoms with E-state index in [0.29, 0.717) is 22.2 Å². The van der Waals surface area contributed by atoms with Gasteiger partial charge in [0.1, 0.15) is 11.6 Å². The second-order valence-electron chi connectivity index (χ2n) is 6.63. The van der Waals surface area contributed by atoms with Gasteiger partial charge in [0, 0.05) is 42.4 Å². The Morgan fingerprint density at radius 3 is 2.92 bits per heavy atom. The van der Waals surface area contributed by atoms with E-state index in [4.69, 9.17) is 0 Å². The molecule has 5 nitrogen and oxygen atoms in total. The van der Waals surface area contributed by atoms with E-state index in [-0.39, 0.29) is 17.8 Å². The fourth-order valence-electron chi connectivity index (χ4n) is 3.49. The van der Waals surface area contributed by atoms with E-state index in [1.54, 1.807) is 12.1 Å². The van der Waals surface area contributed by atoms with E-state index in [0.717, 1.165) is 30.9 Å². The van der Waals surface area contributed by atoms with E-state index in [1.165, 1.54) is 12.1 Å². The van der Waals surface area contributed by atoms with Crippen LogP contribution in [0, 0.1) is 19.7 Å². The minimum Gasteiger partial charge on any atom is -0.347 e. The zero-order valence-electron chi connectivity index (χ0n) is 14.2. The number of carbonyl (C=O) groups excluding carboxylic acids is 1. The zero-order valence-corrected chi connectivity index (χ0v) is 14.2. The summed E-state index contributed by atoms with van der Waals surface area (Å²) in [7, 11) is 0. The van der Waals surface area contributed by atoms with E-state index in [2.05, 4.69) is 19.9 Å². The summed E-state index contributed by atoms with van der Waals surface area (Å²) in [4.78, 5) is 21.6. The van der Waals surface area contributed by atoms with Gasteiger partial charge in [0.15, 0.2) is 0 Å². The number of fused-ring (bicyclic) bond motifs is 2. The summed E-state index contributed by atoms with van der Waals surface area (Å²) >= 11 is 0. The molecule has 3 heterocycles. The molecule has 1 N–H and O–H groups in total. The Bertz CT molecular complexity index is 974. The lowest BCUT2D eigenvalue weighted by atomic mass is 10.0. The lowest BCUT2D eigenvalue weighted by Gasteiger charge is -2.25. The van der Waals surface area contributed by atoms with E-state index in [9.17, 15) is 9.18 Å². The number of aromatic nitrogens is 3. The molecule has 0 saturated heterocycles. The molecule has 0 aliphatic carbocycles. The number of pyridine rings is 1. The molecule has 0 spiro atoms. The zero-order chi connectivity index (χ0) is 17.6. The van der Waals surface area contributed by atoms with Crippen LogP contribution < -0.4 is 5.32 Å². The van der Waals surface area contributed by atoms with Crippen LogP contribution in [0.5, 0.6) is 0 Å². The van der Waals surface area contributed by atoms with Gasteiger partial charge in [-0.15, -0.1) is 0 Å². The molecule has 1 atom stereocenters. The third-order valence-electron chi connectivity index (χ3n) is 4.59. The smallest absolute Gasteiger partial charge is 0.252 e. The highest BCUT2D eigenvalue weighted by atomic mass is 19.1. The number of imidazole rings is 1. The molecule has 0 unspecified atom stereocenters. The molecule has 0 bridgehead atoms. The second kappa shape index (κ2) is 5.95. The van der Waals surface area contributed by atoms with Gasteiger partial charge in [0.25, 0.3) is 5.91 Å². The number of carbonyl (C=O) groups is 1. The molecule has 2 aromatic heterocycles. The lowest BCUT2D eigenvalue weighted by Crippen LogP contribution is -2.41. The van der Waals surface area contributed by atoms with Gasteiger partial charge >= 0.3 is 0 Å². The maximum atomic E-state index is 13.5. The Kier molecular flexibility index (Phi) is 3.75. The van der Waals surface area contributed by atoms with Gasteiger partial charge in [-0.1, -0.05) is 0 Å². The topological polar surface area (TPSA) is 59.8 Å². The summed E-state index contributed by atoms with van der Waals surface area (Å²) in [5.74, 6) is 0.573. The summed E-state index contributed by atoms with van der Waals surface area (Å²) in [6.45, 7) is 4.50. The van der Waals surface area contributed by atoms with Crippen LogP contribution in [0.25, 0.3) is 10.9 Å². The fourth-order valence-corrected chi connectivity index (χ4v) is 3.49. The first kappa shape index (κ1) is 15.7. The Balaban J connectivity index is 1.60. The molecule has 0 fully saturated rings. The van der Waals surface area contributed by atoms with Crippen LogP contribution in [0.1, 0.15) is 34.0 Å². The molecular weight excluding hydrogens is 319 g/mol. The number of hydrogen-bond acceptors (Lipinski definition) is 3. The molecule has 1 aliphatic heterocycles. The van der Waals surface area contributed by atoms with E-state index in [1.807, 2.05) is 20.0 Å².